The highest BCUT2D eigenvalue weighted by molar-refractivity contribution is 6.60. The number of hydrogen-bond donors (Lipinski definition) is 0. The van der Waals surface area contributed by atoms with Crippen LogP contribution in [-0.2, 0) is 19.8 Å². The van der Waals surface area contributed by atoms with Crippen molar-refractivity contribution < 1.29 is 22.8 Å². The quantitative estimate of drug-likeness (QED) is 0.682. The number of rotatable bonds is 8. The van der Waals surface area contributed by atoms with Crippen LogP contribution in [0.2, 0.25) is 6.04 Å². The summed E-state index contributed by atoms with van der Waals surface area (Å²) < 4.78 is 27.4. The average Bonchev–Trinajstić information content (AvgIpc) is 2.58. The molecule has 0 unspecified atom stereocenters. The summed E-state index contributed by atoms with van der Waals surface area (Å²) >= 11 is 0. The Morgan fingerprint density at radius 2 is 1.86 bits per heavy atom. The van der Waals surface area contributed by atoms with Crippen molar-refractivity contribution in [1.29, 1.82) is 0 Å². The van der Waals surface area contributed by atoms with E-state index in [1.54, 1.807) is 28.4 Å². The molecule has 22 heavy (non-hydrogen) atoms. The van der Waals surface area contributed by atoms with Crippen LogP contribution in [0.4, 0.5) is 0 Å². The van der Waals surface area contributed by atoms with E-state index in [1.807, 2.05) is 18.2 Å². The molecule has 0 N–H and O–H groups in total. The van der Waals surface area contributed by atoms with E-state index in [2.05, 4.69) is 4.90 Å². The zero-order chi connectivity index (χ0) is 16.0. The van der Waals surface area contributed by atoms with Gasteiger partial charge in [0.2, 0.25) is 0 Å². The topological polar surface area (TPSA) is 49.4 Å². The second-order valence-corrected chi connectivity index (χ2v) is 8.29. The minimum Gasteiger partial charge on any atom is -0.497 e. The largest absolute Gasteiger partial charge is 0.500 e. The highest BCUT2D eigenvalue weighted by atomic mass is 28.4. The second kappa shape index (κ2) is 7.93. The fraction of sp³-hybridized carbons (Fsp3) is 0.600. The molecule has 124 valence electrons. The Labute approximate surface area is 133 Å². The van der Waals surface area contributed by atoms with Crippen LogP contribution in [-0.4, -0.2) is 55.4 Å². The Morgan fingerprint density at radius 1 is 1.14 bits per heavy atom. The summed E-state index contributed by atoms with van der Waals surface area (Å²) in [5.74, 6) is 1.79. The smallest absolute Gasteiger partial charge is 0.497 e. The molecule has 1 aliphatic rings. The average molecular weight is 327 g/mol. The third-order valence-electron chi connectivity index (χ3n) is 3.95. The normalized spacial score (nSPS) is 15.3. The lowest BCUT2D eigenvalue weighted by molar-refractivity contribution is 0.0894. The molecule has 0 radical (unpaired) electrons. The van der Waals surface area contributed by atoms with Crippen LogP contribution in [0.3, 0.4) is 0 Å². The summed E-state index contributed by atoms with van der Waals surface area (Å²) in [5.41, 5.74) is 1.15. The molecule has 1 aromatic rings. The number of benzene rings is 1. The van der Waals surface area contributed by atoms with Crippen LogP contribution in [0, 0.1) is 0 Å². The van der Waals surface area contributed by atoms with Crippen LogP contribution >= 0.6 is 0 Å². The van der Waals surface area contributed by atoms with Crippen LogP contribution in [0.15, 0.2) is 18.2 Å². The Morgan fingerprint density at radius 3 is 2.50 bits per heavy atom. The van der Waals surface area contributed by atoms with Crippen molar-refractivity contribution in [2.45, 2.75) is 19.0 Å². The SMILES string of the molecule is COc1ccc2c(c1)CN(CCC[Si](OC)(OC)OC)CO2. The van der Waals surface area contributed by atoms with Crippen molar-refractivity contribution in [2.75, 3.05) is 41.7 Å². The van der Waals surface area contributed by atoms with Crippen LogP contribution in [0.25, 0.3) is 0 Å². The maximum absolute atomic E-state index is 5.79. The Bertz CT molecular complexity index is 473. The number of ether oxygens (including phenoxy) is 2. The van der Waals surface area contributed by atoms with Gasteiger partial charge in [0.25, 0.3) is 0 Å². The van der Waals surface area contributed by atoms with Gasteiger partial charge in [0.1, 0.15) is 18.2 Å². The standard InChI is InChI=1S/C15H25NO5Si/c1-17-14-6-7-15-13(10-14)11-16(12-21-15)8-5-9-22(18-2,19-3)20-4/h6-7,10H,5,8-9,11-12H2,1-4H3. The summed E-state index contributed by atoms with van der Waals surface area (Å²) in [6, 6.07) is 6.70. The minimum atomic E-state index is -2.48. The first-order valence-electron chi connectivity index (χ1n) is 7.34. The molecule has 0 bridgehead atoms. The fourth-order valence-corrected chi connectivity index (χ4v) is 4.32. The molecule has 2 rings (SSSR count). The molecule has 0 aliphatic carbocycles. The molecule has 0 aromatic heterocycles. The summed E-state index contributed by atoms with van der Waals surface area (Å²) in [6.07, 6.45) is 0.935. The molecule has 1 aliphatic heterocycles. The van der Waals surface area contributed by atoms with E-state index >= 15 is 0 Å². The van der Waals surface area contributed by atoms with E-state index in [0.29, 0.717) is 6.73 Å². The molecule has 6 nitrogen and oxygen atoms in total. The number of methoxy groups -OCH3 is 1. The minimum absolute atomic E-state index is 0.598. The summed E-state index contributed by atoms with van der Waals surface area (Å²) in [4.78, 5) is 2.25. The molecule has 0 atom stereocenters. The summed E-state index contributed by atoms with van der Waals surface area (Å²) in [5, 5.41) is 0. The lowest BCUT2D eigenvalue weighted by Crippen LogP contribution is -2.43. The summed E-state index contributed by atoms with van der Waals surface area (Å²) in [6.45, 7) is 2.36. The van der Waals surface area contributed by atoms with Gasteiger partial charge in [0, 0.05) is 46.0 Å². The molecular formula is C15H25NO5Si. The van der Waals surface area contributed by atoms with Crippen LogP contribution in [0.1, 0.15) is 12.0 Å². The third kappa shape index (κ3) is 3.99. The zero-order valence-electron chi connectivity index (χ0n) is 13.8. The van der Waals surface area contributed by atoms with Gasteiger partial charge in [-0.1, -0.05) is 0 Å². The monoisotopic (exact) mass is 327 g/mol. The highest BCUT2D eigenvalue weighted by Gasteiger charge is 2.37. The van der Waals surface area contributed by atoms with Crippen molar-refractivity contribution in [3.63, 3.8) is 0 Å². The van der Waals surface area contributed by atoms with Crippen molar-refractivity contribution >= 4 is 8.80 Å². The molecule has 0 fully saturated rings. The Balaban J connectivity index is 1.88. The molecule has 0 saturated heterocycles. The van der Waals surface area contributed by atoms with Gasteiger partial charge in [-0.05, 0) is 24.6 Å². The van der Waals surface area contributed by atoms with Gasteiger partial charge in [-0.2, -0.15) is 0 Å². The Hall–Kier alpha value is -1.12. The van der Waals surface area contributed by atoms with Gasteiger partial charge in [0.05, 0.1) is 7.11 Å². The molecule has 0 saturated carbocycles. The lowest BCUT2D eigenvalue weighted by Gasteiger charge is -2.30. The first-order chi connectivity index (χ1) is 10.7. The van der Waals surface area contributed by atoms with E-state index in [9.17, 15) is 0 Å². The van der Waals surface area contributed by atoms with Gasteiger partial charge in [0.15, 0.2) is 0 Å². The molecule has 0 amide bonds. The zero-order valence-corrected chi connectivity index (χ0v) is 14.8. The number of nitrogens with zero attached hydrogens (tertiary/aromatic N) is 1. The number of hydrogen-bond acceptors (Lipinski definition) is 6. The molecular weight excluding hydrogens is 302 g/mol. The predicted molar refractivity (Wildman–Crippen MR) is 85.1 cm³/mol. The Kier molecular flexibility index (Phi) is 6.22. The van der Waals surface area contributed by atoms with E-state index in [4.69, 9.17) is 22.8 Å². The van der Waals surface area contributed by atoms with Crippen molar-refractivity contribution in [2.24, 2.45) is 0 Å². The van der Waals surface area contributed by atoms with E-state index in [-0.39, 0.29) is 0 Å². The predicted octanol–water partition coefficient (Wildman–Crippen LogP) is 2.12. The maximum Gasteiger partial charge on any atom is 0.500 e. The van der Waals surface area contributed by atoms with Crippen molar-refractivity contribution in [1.82, 2.24) is 4.90 Å². The van der Waals surface area contributed by atoms with E-state index in [0.717, 1.165) is 42.6 Å². The van der Waals surface area contributed by atoms with Gasteiger partial charge < -0.3 is 22.8 Å². The van der Waals surface area contributed by atoms with Gasteiger partial charge in [-0.25, -0.2) is 0 Å². The van der Waals surface area contributed by atoms with Crippen LogP contribution < -0.4 is 9.47 Å². The van der Waals surface area contributed by atoms with Gasteiger partial charge in [-0.15, -0.1) is 0 Å². The second-order valence-electron chi connectivity index (χ2n) is 5.20. The molecule has 0 spiro atoms. The van der Waals surface area contributed by atoms with E-state index in [1.165, 1.54) is 0 Å². The molecule has 1 aromatic carbocycles. The number of fused-ring (bicyclic) bond motifs is 1. The molecule has 7 heteroatoms. The molecule has 1 heterocycles. The fourth-order valence-electron chi connectivity index (χ4n) is 2.61. The first kappa shape index (κ1) is 17.2. The van der Waals surface area contributed by atoms with Crippen molar-refractivity contribution in [3.05, 3.63) is 23.8 Å². The maximum atomic E-state index is 5.79. The van der Waals surface area contributed by atoms with Crippen molar-refractivity contribution in [3.8, 4) is 11.5 Å². The highest BCUT2D eigenvalue weighted by Crippen LogP contribution is 2.29. The van der Waals surface area contributed by atoms with Crippen LogP contribution in [0.5, 0.6) is 11.5 Å². The first-order valence-corrected chi connectivity index (χ1v) is 9.27. The van der Waals surface area contributed by atoms with Gasteiger partial charge in [-0.3, -0.25) is 4.90 Å². The van der Waals surface area contributed by atoms with Gasteiger partial charge >= 0.3 is 8.80 Å². The lowest BCUT2D eigenvalue weighted by atomic mass is 10.1. The summed E-state index contributed by atoms with van der Waals surface area (Å²) in [7, 11) is 4.13. The third-order valence-corrected chi connectivity index (χ3v) is 6.79. The van der Waals surface area contributed by atoms with E-state index < -0.39 is 8.80 Å².